The Labute approximate surface area is 132 Å². The van der Waals surface area contributed by atoms with Crippen molar-refractivity contribution < 1.29 is 19.5 Å². The summed E-state index contributed by atoms with van der Waals surface area (Å²) in [6, 6.07) is 13.8. The molecule has 1 heterocycles. The van der Waals surface area contributed by atoms with Crippen LogP contribution in [0.3, 0.4) is 0 Å². The fourth-order valence-corrected chi connectivity index (χ4v) is 2.19. The molecule has 0 atom stereocenters. The third kappa shape index (κ3) is 3.27. The minimum Gasteiger partial charge on any atom is -0.478 e. The Bertz CT molecular complexity index is 825. The van der Waals surface area contributed by atoms with Gasteiger partial charge in [0.25, 0.3) is 5.89 Å². The normalized spacial score (nSPS) is 10.7. The van der Waals surface area contributed by atoms with Crippen molar-refractivity contribution in [3.63, 3.8) is 0 Å². The fraction of sp³-hybridized carbons (Fsp3) is 0.118. The van der Waals surface area contributed by atoms with Crippen LogP contribution < -0.4 is 0 Å². The predicted molar refractivity (Wildman–Crippen MR) is 82.9 cm³/mol. The van der Waals surface area contributed by atoms with Gasteiger partial charge in [0.1, 0.15) is 0 Å². The van der Waals surface area contributed by atoms with E-state index in [0.717, 1.165) is 11.1 Å². The van der Waals surface area contributed by atoms with Crippen molar-refractivity contribution in [2.45, 2.75) is 6.42 Å². The van der Waals surface area contributed by atoms with Gasteiger partial charge in [0, 0.05) is 17.7 Å². The number of carboxylic acid groups (broad SMARTS) is 1. The highest BCUT2D eigenvalue weighted by Crippen LogP contribution is 2.23. The van der Waals surface area contributed by atoms with Gasteiger partial charge in [0.15, 0.2) is 0 Å². The second-order valence-corrected chi connectivity index (χ2v) is 4.98. The van der Waals surface area contributed by atoms with Gasteiger partial charge in [-0.15, -0.1) is 0 Å². The molecule has 0 saturated heterocycles. The predicted octanol–water partition coefficient (Wildman–Crippen LogP) is 2.64. The maximum absolute atomic E-state index is 11.0. The number of rotatable bonds is 5. The molecular formula is C17H14N2O4. The van der Waals surface area contributed by atoms with Gasteiger partial charge < -0.3 is 14.7 Å². The third-order valence-electron chi connectivity index (χ3n) is 3.40. The Morgan fingerprint density at radius 1 is 1.09 bits per heavy atom. The van der Waals surface area contributed by atoms with Gasteiger partial charge in [-0.1, -0.05) is 35.5 Å². The number of nitrogens with zero attached hydrogens (tertiary/aromatic N) is 2. The number of hydrogen-bond acceptors (Lipinski definition) is 5. The summed E-state index contributed by atoms with van der Waals surface area (Å²) in [7, 11) is 0. The van der Waals surface area contributed by atoms with Crippen LogP contribution in [0.4, 0.5) is 0 Å². The molecule has 0 aliphatic heterocycles. The molecule has 0 unspecified atom stereocenters. The molecule has 0 aliphatic rings. The van der Waals surface area contributed by atoms with Crippen LogP contribution in [0.5, 0.6) is 0 Å². The average molecular weight is 310 g/mol. The van der Waals surface area contributed by atoms with E-state index in [4.69, 9.17) is 14.7 Å². The van der Waals surface area contributed by atoms with Crippen molar-refractivity contribution in [2.24, 2.45) is 0 Å². The first kappa shape index (κ1) is 14.9. The van der Waals surface area contributed by atoms with Crippen LogP contribution in [0.25, 0.3) is 22.8 Å². The third-order valence-corrected chi connectivity index (χ3v) is 3.40. The van der Waals surface area contributed by atoms with E-state index in [-0.39, 0.29) is 18.1 Å². The van der Waals surface area contributed by atoms with E-state index >= 15 is 0 Å². The molecule has 6 nitrogen and oxygen atoms in total. The molecule has 6 heteroatoms. The molecule has 2 aromatic carbocycles. The molecule has 3 rings (SSSR count). The molecule has 3 aromatic rings. The lowest BCUT2D eigenvalue weighted by molar-refractivity contribution is 0.0697. The van der Waals surface area contributed by atoms with Crippen molar-refractivity contribution in [3.05, 3.63) is 59.7 Å². The molecule has 1 aromatic heterocycles. The quantitative estimate of drug-likeness (QED) is 0.752. The first-order chi connectivity index (χ1) is 11.2. The summed E-state index contributed by atoms with van der Waals surface area (Å²) in [5.74, 6) is -0.315. The Balaban J connectivity index is 1.88. The largest absolute Gasteiger partial charge is 0.478 e. The number of aromatic carboxylic acids is 1. The highest BCUT2D eigenvalue weighted by Gasteiger charge is 2.12. The van der Waals surface area contributed by atoms with E-state index in [1.165, 1.54) is 12.1 Å². The van der Waals surface area contributed by atoms with Gasteiger partial charge >= 0.3 is 5.97 Å². The van der Waals surface area contributed by atoms with Crippen LogP contribution in [0.2, 0.25) is 0 Å². The van der Waals surface area contributed by atoms with Gasteiger partial charge in [-0.25, -0.2) is 4.79 Å². The lowest BCUT2D eigenvalue weighted by atomic mass is 10.1. The Morgan fingerprint density at radius 2 is 1.87 bits per heavy atom. The van der Waals surface area contributed by atoms with E-state index in [0.29, 0.717) is 17.8 Å². The van der Waals surface area contributed by atoms with Gasteiger partial charge in [-0.3, -0.25) is 0 Å². The lowest BCUT2D eigenvalue weighted by Crippen LogP contribution is -1.95. The van der Waals surface area contributed by atoms with E-state index in [1.807, 2.05) is 24.3 Å². The second kappa shape index (κ2) is 6.41. The SMILES string of the molecule is O=C(O)c1cccc(-c2nc(-c3ccc(CCO)cc3)no2)c1. The lowest BCUT2D eigenvalue weighted by Gasteiger charge is -1.99. The van der Waals surface area contributed by atoms with Crippen LogP contribution in [0, 0.1) is 0 Å². The summed E-state index contributed by atoms with van der Waals surface area (Å²) in [6.07, 6.45) is 0.597. The number of aliphatic hydroxyl groups excluding tert-OH is 1. The first-order valence-electron chi connectivity index (χ1n) is 7.05. The van der Waals surface area contributed by atoms with Crippen LogP contribution in [0.15, 0.2) is 53.1 Å². The number of aliphatic hydroxyl groups is 1. The summed E-state index contributed by atoms with van der Waals surface area (Å²) >= 11 is 0. The summed E-state index contributed by atoms with van der Waals surface area (Å²) in [6.45, 7) is 0.103. The maximum Gasteiger partial charge on any atom is 0.335 e. The highest BCUT2D eigenvalue weighted by molar-refractivity contribution is 5.89. The van der Waals surface area contributed by atoms with Gasteiger partial charge in [-0.2, -0.15) is 4.98 Å². The molecule has 0 bridgehead atoms. The van der Waals surface area contributed by atoms with Gasteiger partial charge in [0.2, 0.25) is 5.82 Å². The summed E-state index contributed by atoms with van der Waals surface area (Å²) in [5, 5.41) is 21.9. The van der Waals surface area contributed by atoms with Crippen molar-refractivity contribution in [1.29, 1.82) is 0 Å². The van der Waals surface area contributed by atoms with E-state index < -0.39 is 5.97 Å². The number of benzene rings is 2. The Morgan fingerprint density at radius 3 is 2.57 bits per heavy atom. The molecule has 0 amide bonds. The standard InChI is InChI=1S/C17H14N2O4/c20-9-8-11-4-6-12(7-5-11)15-18-16(23-19-15)13-2-1-3-14(10-13)17(21)22/h1-7,10,20H,8-9H2,(H,21,22). The van der Waals surface area contributed by atoms with Crippen molar-refractivity contribution in [1.82, 2.24) is 10.1 Å². The Kier molecular flexibility index (Phi) is 4.16. The molecule has 116 valence electrons. The van der Waals surface area contributed by atoms with Crippen LogP contribution >= 0.6 is 0 Å². The fourth-order valence-electron chi connectivity index (χ4n) is 2.19. The van der Waals surface area contributed by atoms with Crippen LogP contribution in [-0.2, 0) is 6.42 Å². The minimum absolute atomic E-state index is 0.103. The average Bonchev–Trinajstić information content (AvgIpc) is 3.06. The summed E-state index contributed by atoms with van der Waals surface area (Å²) in [5.41, 5.74) is 2.53. The van der Waals surface area contributed by atoms with Crippen molar-refractivity contribution >= 4 is 5.97 Å². The van der Waals surface area contributed by atoms with Crippen molar-refractivity contribution in [2.75, 3.05) is 6.61 Å². The molecule has 23 heavy (non-hydrogen) atoms. The van der Waals surface area contributed by atoms with Crippen molar-refractivity contribution in [3.8, 4) is 22.8 Å². The summed E-state index contributed by atoms with van der Waals surface area (Å²) < 4.78 is 5.22. The van der Waals surface area contributed by atoms with E-state index in [2.05, 4.69) is 10.1 Å². The molecule has 0 spiro atoms. The smallest absolute Gasteiger partial charge is 0.335 e. The molecule has 0 aliphatic carbocycles. The number of carbonyl (C=O) groups is 1. The molecule has 0 radical (unpaired) electrons. The van der Waals surface area contributed by atoms with Crippen LogP contribution in [-0.4, -0.2) is 32.9 Å². The first-order valence-corrected chi connectivity index (χ1v) is 7.05. The number of hydrogen-bond donors (Lipinski definition) is 2. The molecule has 2 N–H and O–H groups in total. The highest BCUT2D eigenvalue weighted by atomic mass is 16.5. The minimum atomic E-state index is -1.01. The molecular weight excluding hydrogens is 296 g/mol. The molecule has 0 fully saturated rings. The maximum atomic E-state index is 11.0. The zero-order valence-electron chi connectivity index (χ0n) is 12.1. The summed E-state index contributed by atoms with van der Waals surface area (Å²) in [4.78, 5) is 15.3. The molecule has 0 saturated carbocycles. The zero-order chi connectivity index (χ0) is 16.2. The monoisotopic (exact) mass is 310 g/mol. The second-order valence-electron chi connectivity index (χ2n) is 4.98. The van der Waals surface area contributed by atoms with E-state index in [1.54, 1.807) is 12.1 Å². The number of carboxylic acids is 1. The van der Waals surface area contributed by atoms with Crippen LogP contribution in [0.1, 0.15) is 15.9 Å². The topological polar surface area (TPSA) is 96.5 Å². The zero-order valence-corrected chi connectivity index (χ0v) is 12.1. The van der Waals surface area contributed by atoms with Gasteiger partial charge in [-0.05, 0) is 30.2 Å². The number of aromatic nitrogens is 2. The Hall–Kier alpha value is -2.99. The van der Waals surface area contributed by atoms with E-state index in [9.17, 15) is 4.79 Å². The van der Waals surface area contributed by atoms with Gasteiger partial charge in [0.05, 0.1) is 5.56 Å².